The van der Waals surface area contributed by atoms with Gasteiger partial charge in [-0.25, -0.2) is 13.1 Å². The molecule has 0 saturated heterocycles. The van der Waals surface area contributed by atoms with E-state index in [1.807, 2.05) is 0 Å². The van der Waals surface area contributed by atoms with Gasteiger partial charge in [-0.1, -0.05) is 26.7 Å². The summed E-state index contributed by atoms with van der Waals surface area (Å²) in [6.07, 6.45) is 3.44. The number of nitrogens with one attached hydrogen (secondary N) is 2. The Hall–Kier alpha value is 0.0500. The van der Waals surface area contributed by atoms with Crippen LogP contribution in [0.15, 0.2) is 14.7 Å². The van der Waals surface area contributed by atoms with Crippen molar-refractivity contribution in [3.8, 4) is 0 Å². The van der Waals surface area contributed by atoms with Crippen molar-refractivity contribution in [3.63, 3.8) is 0 Å². The van der Waals surface area contributed by atoms with Gasteiger partial charge in [0.05, 0.1) is 3.79 Å². The molecule has 4 nitrogen and oxygen atoms in total. The Morgan fingerprint density at radius 1 is 1.45 bits per heavy atom. The smallest absolute Gasteiger partial charge is 0.242 e. The van der Waals surface area contributed by atoms with Gasteiger partial charge in [0.2, 0.25) is 10.0 Å². The van der Waals surface area contributed by atoms with Gasteiger partial charge in [0.15, 0.2) is 0 Å². The summed E-state index contributed by atoms with van der Waals surface area (Å²) in [5.74, 6) is 0.731. The Labute approximate surface area is 133 Å². The highest BCUT2D eigenvalue weighted by Gasteiger charge is 2.24. The summed E-state index contributed by atoms with van der Waals surface area (Å²) < 4.78 is 27.9. The Balaban J connectivity index is 1.98. The fourth-order valence-corrected chi connectivity index (χ4v) is 5.53. The molecule has 2 N–H and O–H groups in total. The lowest BCUT2D eigenvalue weighted by atomic mass is 10.3. The van der Waals surface area contributed by atoms with E-state index in [1.165, 1.54) is 24.2 Å². The molecule has 114 valence electrons. The zero-order chi connectivity index (χ0) is 14.8. The average molecular weight is 381 g/mol. The summed E-state index contributed by atoms with van der Waals surface area (Å²) in [7, 11) is -3.39. The third-order valence-electron chi connectivity index (χ3n) is 3.22. The molecule has 0 amide bonds. The molecule has 1 aliphatic carbocycles. The van der Waals surface area contributed by atoms with Crippen molar-refractivity contribution in [2.45, 2.75) is 50.6 Å². The normalized spacial score (nSPS) is 16.0. The van der Waals surface area contributed by atoms with Crippen molar-refractivity contribution in [1.29, 1.82) is 0 Å². The molecule has 0 aromatic carbocycles. The van der Waals surface area contributed by atoms with Crippen LogP contribution in [0.4, 0.5) is 0 Å². The fraction of sp³-hybridized carbons (Fsp3) is 0.692. The minimum atomic E-state index is -3.39. The maximum atomic E-state index is 12.3. The molecule has 0 unspecified atom stereocenters. The maximum Gasteiger partial charge on any atom is 0.242 e. The summed E-state index contributed by atoms with van der Waals surface area (Å²) in [6, 6.07) is 2.14. The van der Waals surface area contributed by atoms with Crippen LogP contribution in [0.25, 0.3) is 0 Å². The predicted octanol–water partition coefficient (Wildman–Crippen LogP) is 3.09. The highest BCUT2D eigenvalue weighted by Crippen LogP contribution is 2.33. The van der Waals surface area contributed by atoms with Gasteiger partial charge >= 0.3 is 0 Å². The van der Waals surface area contributed by atoms with Crippen LogP contribution in [0.5, 0.6) is 0 Å². The second-order valence-corrected chi connectivity index (χ2v) is 9.71. The first-order valence-electron chi connectivity index (χ1n) is 6.89. The van der Waals surface area contributed by atoms with Gasteiger partial charge < -0.3 is 5.32 Å². The van der Waals surface area contributed by atoms with E-state index in [4.69, 9.17) is 0 Å². The van der Waals surface area contributed by atoms with E-state index in [2.05, 4.69) is 39.8 Å². The molecule has 1 aromatic rings. The lowest BCUT2D eigenvalue weighted by molar-refractivity contribution is 0.574. The molecular formula is C13H21BrN2O2S2. The van der Waals surface area contributed by atoms with E-state index < -0.39 is 10.0 Å². The summed E-state index contributed by atoms with van der Waals surface area (Å²) in [6.45, 7) is 5.37. The topological polar surface area (TPSA) is 58.2 Å². The minimum Gasteiger partial charge on any atom is -0.310 e. The van der Waals surface area contributed by atoms with E-state index >= 15 is 0 Å². The third-order valence-corrected chi connectivity index (χ3v) is 6.94. The van der Waals surface area contributed by atoms with Crippen molar-refractivity contribution in [3.05, 3.63) is 14.7 Å². The Morgan fingerprint density at radius 2 is 2.15 bits per heavy atom. The second kappa shape index (κ2) is 6.87. The van der Waals surface area contributed by atoms with Crippen LogP contribution in [0.2, 0.25) is 0 Å². The van der Waals surface area contributed by atoms with Crippen molar-refractivity contribution < 1.29 is 8.42 Å². The highest BCUT2D eigenvalue weighted by molar-refractivity contribution is 9.11. The number of sulfonamides is 1. The van der Waals surface area contributed by atoms with Crippen LogP contribution in [-0.2, 0) is 16.6 Å². The summed E-state index contributed by atoms with van der Waals surface area (Å²) in [5, 5.41) is 3.29. The van der Waals surface area contributed by atoms with E-state index in [0.717, 1.165) is 17.2 Å². The molecule has 1 heterocycles. The predicted molar refractivity (Wildman–Crippen MR) is 86.5 cm³/mol. The SMILES string of the molecule is CC(C)NCc1cc(S(=O)(=O)NCCC2CC2)c(Br)s1. The summed E-state index contributed by atoms with van der Waals surface area (Å²) in [5.41, 5.74) is 0. The molecule has 0 aliphatic heterocycles. The molecular weight excluding hydrogens is 360 g/mol. The third kappa shape index (κ3) is 4.80. The van der Waals surface area contributed by atoms with Gasteiger partial charge in [0.25, 0.3) is 0 Å². The van der Waals surface area contributed by atoms with Gasteiger partial charge in [0, 0.05) is 24.0 Å². The molecule has 1 fully saturated rings. The lowest BCUT2D eigenvalue weighted by Gasteiger charge is -2.05. The molecule has 7 heteroatoms. The fourth-order valence-electron chi connectivity index (χ4n) is 1.85. The van der Waals surface area contributed by atoms with Crippen LogP contribution in [-0.4, -0.2) is 21.0 Å². The summed E-state index contributed by atoms with van der Waals surface area (Å²) >= 11 is 4.84. The van der Waals surface area contributed by atoms with Crippen LogP contribution in [0, 0.1) is 5.92 Å². The number of thiophene rings is 1. The molecule has 2 rings (SSSR count). The zero-order valence-electron chi connectivity index (χ0n) is 11.8. The van der Waals surface area contributed by atoms with E-state index in [1.54, 1.807) is 6.07 Å². The van der Waals surface area contributed by atoms with Crippen molar-refractivity contribution in [2.24, 2.45) is 5.92 Å². The number of halogens is 1. The Morgan fingerprint density at radius 3 is 2.75 bits per heavy atom. The second-order valence-electron chi connectivity index (χ2n) is 5.52. The molecule has 0 radical (unpaired) electrons. The van der Waals surface area contributed by atoms with Crippen molar-refractivity contribution in [1.82, 2.24) is 10.0 Å². The van der Waals surface area contributed by atoms with Crippen LogP contribution >= 0.6 is 27.3 Å². The Bertz CT molecular complexity index is 551. The van der Waals surface area contributed by atoms with Gasteiger partial charge in [-0.05, 0) is 34.3 Å². The lowest BCUT2D eigenvalue weighted by Crippen LogP contribution is -2.25. The van der Waals surface area contributed by atoms with E-state index in [9.17, 15) is 8.42 Å². The minimum absolute atomic E-state index is 0.360. The molecule has 1 saturated carbocycles. The largest absolute Gasteiger partial charge is 0.310 e. The standard InChI is InChI=1S/C13H21BrN2O2S2/c1-9(2)15-8-11-7-12(13(14)19-11)20(17,18)16-6-5-10-3-4-10/h7,9-10,15-16H,3-6,8H2,1-2H3. The quantitative estimate of drug-likeness (QED) is 0.728. The highest BCUT2D eigenvalue weighted by atomic mass is 79.9. The van der Waals surface area contributed by atoms with E-state index in [0.29, 0.717) is 27.8 Å². The van der Waals surface area contributed by atoms with Crippen LogP contribution < -0.4 is 10.0 Å². The molecule has 0 atom stereocenters. The van der Waals surface area contributed by atoms with Crippen molar-refractivity contribution in [2.75, 3.05) is 6.54 Å². The maximum absolute atomic E-state index is 12.3. The molecule has 0 spiro atoms. The van der Waals surface area contributed by atoms with Gasteiger partial charge in [-0.2, -0.15) is 0 Å². The first-order valence-corrected chi connectivity index (χ1v) is 9.99. The van der Waals surface area contributed by atoms with Crippen molar-refractivity contribution >= 4 is 37.3 Å². The first kappa shape index (κ1) is 16.4. The van der Waals surface area contributed by atoms with Gasteiger partial charge in [-0.3, -0.25) is 0 Å². The number of rotatable bonds is 8. The van der Waals surface area contributed by atoms with Gasteiger partial charge in [0.1, 0.15) is 4.90 Å². The monoisotopic (exact) mass is 380 g/mol. The summed E-state index contributed by atoms with van der Waals surface area (Å²) in [4.78, 5) is 1.38. The van der Waals surface area contributed by atoms with Gasteiger partial charge in [-0.15, -0.1) is 11.3 Å². The number of hydrogen-bond acceptors (Lipinski definition) is 4. The Kier molecular flexibility index (Phi) is 5.64. The molecule has 20 heavy (non-hydrogen) atoms. The number of hydrogen-bond donors (Lipinski definition) is 2. The van der Waals surface area contributed by atoms with Crippen LogP contribution in [0.3, 0.4) is 0 Å². The molecule has 1 aromatic heterocycles. The first-order chi connectivity index (χ1) is 9.38. The average Bonchev–Trinajstić information content (AvgIpc) is 3.08. The zero-order valence-corrected chi connectivity index (χ0v) is 15.0. The van der Waals surface area contributed by atoms with E-state index in [-0.39, 0.29) is 0 Å². The molecule has 0 bridgehead atoms. The molecule has 1 aliphatic rings. The van der Waals surface area contributed by atoms with Crippen LogP contribution in [0.1, 0.15) is 38.0 Å².